The van der Waals surface area contributed by atoms with E-state index in [1.165, 1.54) is 0 Å². The Labute approximate surface area is 97.4 Å². The van der Waals surface area contributed by atoms with Crippen LogP contribution in [0.3, 0.4) is 0 Å². The lowest BCUT2D eigenvalue weighted by Gasteiger charge is -2.25. The van der Waals surface area contributed by atoms with Crippen molar-refractivity contribution in [1.82, 2.24) is 4.98 Å². The fourth-order valence-electron chi connectivity index (χ4n) is 1.53. The molecular formula is C12H21N3O. The molecule has 0 aliphatic rings. The van der Waals surface area contributed by atoms with Crippen molar-refractivity contribution in [3.05, 3.63) is 18.2 Å². The summed E-state index contributed by atoms with van der Waals surface area (Å²) in [4.78, 5) is 6.62. The molecule has 0 aliphatic heterocycles. The summed E-state index contributed by atoms with van der Waals surface area (Å²) >= 11 is 0. The Morgan fingerprint density at radius 3 is 2.81 bits per heavy atom. The molecule has 0 bridgehead atoms. The number of ether oxygens (including phenoxy) is 1. The lowest BCUT2D eigenvalue weighted by atomic mass is 10.1. The average Bonchev–Trinajstić information content (AvgIpc) is 2.35. The van der Waals surface area contributed by atoms with E-state index in [1.54, 1.807) is 7.11 Å². The van der Waals surface area contributed by atoms with Crippen LogP contribution >= 0.6 is 0 Å². The molecule has 4 nitrogen and oxygen atoms in total. The van der Waals surface area contributed by atoms with Gasteiger partial charge in [-0.15, -0.1) is 0 Å². The van der Waals surface area contributed by atoms with Crippen molar-refractivity contribution in [3.8, 4) is 5.88 Å². The number of nitrogens with two attached hydrogens (primary N) is 1. The molecule has 1 rings (SSSR count). The second kappa shape index (κ2) is 6.33. The van der Waals surface area contributed by atoms with Gasteiger partial charge in [0.1, 0.15) is 5.82 Å². The first-order chi connectivity index (χ1) is 7.71. The van der Waals surface area contributed by atoms with E-state index < -0.39 is 0 Å². The number of pyridine rings is 1. The Morgan fingerprint density at radius 1 is 1.50 bits per heavy atom. The summed E-state index contributed by atoms with van der Waals surface area (Å²) in [5.41, 5.74) is 5.64. The van der Waals surface area contributed by atoms with Crippen LogP contribution in [0.1, 0.15) is 13.8 Å². The van der Waals surface area contributed by atoms with E-state index in [2.05, 4.69) is 23.7 Å². The topological polar surface area (TPSA) is 51.4 Å². The van der Waals surface area contributed by atoms with Gasteiger partial charge in [-0.25, -0.2) is 0 Å². The van der Waals surface area contributed by atoms with Gasteiger partial charge in [0.25, 0.3) is 0 Å². The highest BCUT2D eigenvalue weighted by Gasteiger charge is 2.10. The number of nitrogens with zero attached hydrogens (tertiary/aromatic N) is 2. The van der Waals surface area contributed by atoms with Gasteiger partial charge in [0.05, 0.1) is 7.11 Å². The molecule has 1 aromatic rings. The summed E-state index contributed by atoms with van der Waals surface area (Å²) in [5, 5.41) is 0. The lowest BCUT2D eigenvalue weighted by molar-refractivity contribution is 0.397. The molecule has 0 amide bonds. The summed E-state index contributed by atoms with van der Waals surface area (Å²) in [7, 11) is 1.63. The molecule has 16 heavy (non-hydrogen) atoms. The van der Waals surface area contributed by atoms with Crippen LogP contribution in [0, 0.1) is 5.92 Å². The number of rotatable bonds is 6. The molecule has 0 saturated heterocycles. The standard InChI is InChI=1S/C12H21N3O/c1-4-15(9-10(2)8-13)11-6-5-7-12(14-11)16-3/h5-7,10H,4,8-9,13H2,1-3H3. The molecule has 1 heterocycles. The first-order valence-corrected chi connectivity index (χ1v) is 5.67. The van der Waals surface area contributed by atoms with Crippen LogP contribution in [0.5, 0.6) is 5.88 Å². The Bertz CT molecular complexity index is 317. The zero-order valence-corrected chi connectivity index (χ0v) is 10.3. The molecule has 0 spiro atoms. The normalized spacial score (nSPS) is 12.2. The van der Waals surface area contributed by atoms with E-state index in [9.17, 15) is 0 Å². The zero-order valence-electron chi connectivity index (χ0n) is 10.3. The highest BCUT2D eigenvalue weighted by molar-refractivity contribution is 5.40. The Morgan fingerprint density at radius 2 is 2.25 bits per heavy atom. The van der Waals surface area contributed by atoms with Crippen LogP contribution < -0.4 is 15.4 Å². The second-order valence-electron chi connectivity index (χ2n) is 3.92. The Hall–Kier alpha value is -1.29. The lowest BCUT2D eigenvalue weighted by Crippen LogP contribution is -2.32. The van der Waals surface area contributed by atoms with Gasteiger partial charge in [-0.1, -0.05) is 13.0 Å². The van der Waals surface area contributed by atoms with Gasteiger partial charge >= 0.3 is 0 Å². The number of hydrogen-bond donors (Lipinski definition) is 1. The van der Waals surface area contributed by atoms with E-state index in [0.717, 1.165) is 18.9 Å². The van der Waals surface area contributed by atoms with E-state index in [1.807, 2.05) is 18.2 Å². The minimum atomic E-state index is 0.466. The fraction of sp³-hybridized carbons (Fsp3) is 0.583. The summed E-state index contributed by atoms with van der Waals surface area (Å²) in [6.07, 6.45) is 0. The Kier molecular flexibility index (Phi) is 5.05. The summed E-state index contributed by atoms with van der Waals surface area (Å²) in [6.45, 7) is 6.80. The van der Waals surface area contributed by atoms with Crippen molar-refractivity contribution in [1.29, 1.82) is 0 Å². The maximum atomic E-state index is 5.64. The van der Waals surface area contributed by atoms with Crippen LogP contribution in [-0.4, -0.2) is 31.7 Å². The molecule has 0 saturated carbocycles. The van der Waals surface area contributed by atoms with Gasteiger partial charge in [0.2, 0.25) is 5.88 Å². The number of hydrogen-bond acceptors (Lipinski definition) is 4. The van der Waals surface area contributed by atoms with Crippen molar-refractivity contribution in [3.63, 3.8) is 0 Å². The van der Waals surface area contributed by atoms with Gasteiger partial charge in [-0.05, 0) is 25.5 Å². The third-order valence-electron chi connectivity index (χ3n) is 2.56. The SMILES string of the molecule is CCN(CC(C)CN)c1cccc(OC)n1. The molecule has 1 aromatic heterocycles. The van der Waals surface area contributed by atoms with Crippen molar-refractivity contribution in [2.24, 2.45) is 11.7 Å². The molecule has 4 heteroatoms. The zero-order chi connectivity index (χ0) is 12.0. The molecule has 90 valence electrons. The van der Waals surface area contributed by atoms with Crippen molar-refractivity contribution in [2.75, 3.05) is 31.6 Å². The minimum Gasteiger partial charge on any atom is -0.481 e. The molecule has 0 fully saturated rings. The van der Waals surface area contributed by atoms with Crippen molar-refractivity contribution < 1.29 is 4.74 Å². The largest absolute Gasteiger partial charge is 0.481 e. The van der Waals surface area contributed by atoms with Gasteiger partial charge in [-0.3, -0.25) is 0 Å². The molecule has 1 atom stereocenters. The first-order valence-electron chi connectivity index (χ1n) is 5.67. The number of methoxy groups -OCH3 is 1. The Balaban J connectivity index is 2.77. The van der Waals surface area contributed by atoms with E-state index in [4.69, 9.17) is 10.5 Å². The van der Waals surface area contributed by atoms with E-state index in [-0.39, 0.29) is 0 Å². The van der Waals surface area contributed by atoms with Crippen LogP contribution in [0.2, 0.25) is 0 Å². The molecular weight excluding hydrogens is 202 g/mol. The monoisotopic (exact) mass is 223 g/mol. The second-order valence-corrected chi connectivity index (χ2v) is 3.92. The predicted octanol–water partition coefficient (Wildman–Crippen LogP) is 1.51. The van der Waals surface area contributed by atoms with Crippen LogP contribution in [0.25, 0.3) is 0 Å². The van der Waals surface area contributed by atoms with Gasteiger partial charge in [0, 0.05) is 19.2 Å². The average molecular weight is 223 g/mol. The first kappa shape index (κ1) is 12.8. The summed E-state index contributed by atoms with van der Waals surface area (Å²) in [5.74, 6) is 2.06. The van der Waals surface area contributed by atoms with Gasteiger partial charge in [0.15, 0.2) is 0 Å². The molecule has 0 radical (unpaired) electrons. The third kappa shape index (κ3) is 3.38. The highest BCUT2D eigenvalue weighted by Crippen LogP contribution is 2.16. The maximum Gasteiger partial charge on any atom is 0.214 e. The fourth-order valence-corrected chi connectivity index (χ4v) is 1.53. The maximum absolute atomic E-state index is 5.64. The molecule has 2 N–H and O–H groups in total. The van der Waals surface area contributed by atoms with Crippen molar-refractivity contribution >= 4 is 5.82 Å². The number of aromatic nitrogens is 1. The smallest absolute Gasteiger partial charge is 0.214 e. The predicted molar refractivity (Wildman–Crippen MR) is 66.9 cm³/mol. The van der Waals surface area contributed by atoms with Crippen LogP contribution in [0.4, 0.5) is 5.82 Å². The summed E-state index contributed by atoms with van der Waals surface area (Å²) < 4.78 is 5.12. The third-order valence-corrected chi connectivity index (χ3v) is 2.56. The molecule has 0 aromatic carbocycles. The van der Waals surface area contributed by atoms with Crippen molar-refractivity contribution in [2.45, 2.75) is 13.8 Å². The highest BCUT2D eigenvalue weighted by atomic mass is 16.5. The molecule has 0 aliphatic carbocycles. The molecule has 1 unspecified atom stereocenters. The number of anilines is 1. The van der Waals surface area contributed by atoms with Crippen LogP contribution in [-0.2, 0) is 0 Å². The van der Waals surface area contributed by atoms with E-state index >= 15 is 0 Å². The minimum absolute atomic E-state index is 0.466. The van der Waals surface area contributed by atoms with Gasteiger partial charge in [-0.2, -0.15) is 4.98 Å². The quantitative estimate of drug-likeness (QED) is 0.794. The van der Waals surface area contributed by atoms with Crippen LogP contribution in [0.15, 0.2) is 18.2 Å². The van der Waals surface area contributed by atoms with Gasteiger partial charge < -0.3 is 15.4 Å². The summed E-state index contributed by atoms with van der Waals surface area (Å²) in [6, 6.07) is 5.80. The van der Waals surface area contributed by atoms with E-state index in [0.29, 0.717) is 18.3 Å².